The zero-order valence-electron chi connectivity index (χ0n) is 13.6. The third kappa shape index (κ3) is 3.69. The van der Waals surface area contributed by atoms with Crippen LogP contribution in [-0.2, 0) is 30.3 Å². The van der Waals surface area contributed by atoms with Crippen LogP contribution in [0.3, 0.4) is 0 Å². The Morgan fingerprint density at radius 2 is 2.08 bits per heavy atom. The van der Waals surface area contributed by atoms with Crippen LogP contribution < -0.4 is 5.32 Å². The first-order chi connectivity index (χ1) is 12.1. The van der Waals surface area contributed by atoms with Gasteiger partial charge in [0.1, 0.15) is 17.1 Å². The number of thioether (sulfide) groups is 1. The first kappa shape index (κ1) is 17.5. The number of hydrogen-bond acceptors (Lipinski definition) is 6. The summed E-state index contributed by atoms with van der Waals surface area (Å²) in [4.78, 5) is 37.9. The highest BCUT2D eigenvalue weighted by atomic mass is 32.2. The lowest BCUT2D eigenvalue weighted by atomic mass is 10.0. The SMILES string of the molecule is COCOC(=O)C1=CCS[C@H]2C(NC(=O)Cc3ccccc3)C(=O)N12. The van der Waals surface area contributed by atoms with Gasteiger partial charge < -0.3 is 14.8 Å². The van der Waals surface area contributed by atoms with Crippen molar-refractivity contribution in [2.24, 2.45) is 0 Å². The third-order valence-electron chi connectivity index (χ3n) is 3.89. The van der Waals surface area contributed by atoms with Crippen LogP contribution in [0.4, 0.5) is 0 Å². The summed E-state index contributed by atoms with van der Waals surface area (Å²) in [6, 6.07) is 8.69. The molecule has 1 unspecified atom stereocenters. The fraction of sp³-hybridized carbons (Fsp3) is 0.353. The van der Waals surface area contributed by atoms with Crippen molar-refractivity contribution in [3.8, 4) is 0 Å². The molecule has 2 atom stereocenters. The lowest BCUT2D eigenvalue weighted by Gasteiger charge is -2.48. The molecule has 0 spiro atoms. The number of nitrogens with one attached hydrogen (secondary N) is 1. The smallest absolute Gasteiger partial charge is 0.356 e. The Bertz CT molecular complexity index is 706. The fourth-order valence-corrected chi connectivity index (χ4v) is 3.92. The summed E-state index contributed by atoms with van der Waals surface area (Å²) in [5.74, 6) is -0.562. The molecule has 2 aliphatic rings. The largest absolute Gasteiger partial charge is 0.434 e. The van der Waals surface area contributed by atoms with Crippen LogP contribution in [0.1, 0.15) is 5.56 Å². The first-order valence-corrected chi connectivity index (χ1v) is 8.81. The van der Waals surface area contributed by atoms with Gasteiger partial charge in [-0.05, 0) is 11.6 Å². The molecular formula is C17H18N2O5S. The first-order valence-electron chi connectivity index (χ1n) is 7.76. The van der Waals surface area contributed by atoms with E-state index in [1.807, 2.05) is 30.3 Å². The summed E-state index contributed by atoms with van der Waals surface area (Å²) in [5, 5.41) is 2.47. The Balaban J connectivity index is 1.60. The summed E-state index contributed by atoms with van der Waals surface area (Å²) < 4.78 is 9.61. The van der Waals surface area contributed by atoms with Gasteiger partial charge in [-0.3, -0.25) is 14.5 Å². The minimum atomic E-state index is -0.625. The molecule has 0 saturated carbocycles. The Morgan fingerprint density at radius 3 is 2.80 bits per heavy atom. The molecule has 1 N–H and O–H groups in total. The highest BCUT2D eigenvalue weighted by Gasteiger charge is 2.52. The second kappa shape index (κ2) is 7.71. The van der Waals surface area contributed by atoms with Crippen molar-refractivity contribution in [2.75, 3.05) is 19.7 Å². The minimum absolute atomic E-state index is 0.173. The van der Waals surface area contributed by atoms with Gasteiger partial charge in [0, 0.05) is 12.9 Å². The predicted molar refractivity (Wildman–Crippen MR) is 91.2 cm³/mol. The van der Waals surface area contributed by atoms with Crippen LogP contribution in [0.25, 0.3) is 0 Å². The maximum absolute atomic E-state index is 12.4. The Morgan fingerprint density at radius 1 is 1.32 bits per heavy atom. The molecule has 2 aliphatic heterocycles. The zero-order chi connectivity index (χ0) is 17.8. The van der Waals surface area contributed by atoms with Crippen LogP contribution in [0.2, 0.25) is 0 Å². The number of β-lactam (4-membered cyclic amide) rings is 1. The van der Waals surface area contributed by atoms with Crippen molar-refractivity contribution >= 4 is 29.5 Å². The van der Waals surface area contributed by atoms with Crippen molar-refractivity contribution in [3.63, 3.8) is 0 Å². The van der Waals surface area contributed by atoms with Gasteiger partial charge in [-0.2, -0.15) is 0 Å². The van der Waals surface area contributed by atoms with Crippen LogP contribution in [0, 0.1) is 0 Å². The zero-order valence-corrected chi connectivity index (χ0v) is 14.5. The Labute approximate surface area is 149 Å². The highest BCUT2D eigenvalue weighted by Crippen LogP contribution is 2.37. The number of benzene rings is 1. The molecule has 2 heterocycles. The van der Waals surface area contributed by atoms with Crippen LogP contribution >= 0.6 is 11.8 Å². The summed E-state index contributed by atoms with van der Waals surface area (Å²) in [6.07, 6.45) is 1.86. The molecule has 132 valence electrons. The van der Waals surface area contributed by atoms with E-state index in [-0.39, 0.29) is 36.1 Å². The summed E-state index contributed by atoms with van der Waals surface area (Å²) in [7, 11) is 1.41. The topological polar surface area (TPSA) is 84.9 Å². The van der Waals surface area contributed by atoms with Crippen LogP contribution in [0.5, 0.6) is 0 Å². The van der Waals surface area contributed by atoms with Crippen LogP contribution in [0.15, 0.2) is 42.1 Å². The van der Waals surface area contributed by atoms with Crippen molar-refractivity contribution in [2.45, 2.75) is 17.8 Å². The van der Waals surface area contributed by atoms with Gasteiger partial charge in [0.15, 0.2) is 6.79 Å². The third-order valence-corrected chi connectivity index (χ3v) is 5.07. The number of nitrogens with zero attached hydrogens (tertiary/aromatic N) is 1. The number of carbonyl (C=O) groups excluding carboxylic acids is 3. The Hall–Kier alpha value is -2.32. The maximum atomic E-state index is 12.4. The standard InChI is InChI=1S/C17H18N2O5S/c1-23-10-24-17(22)12-7-8-25-16-14(15(21)19(12)16)18-13(20)9-11-5-3-2-4-6-11/h2-7,14,16H,8-10H2,1H3,(H,18,20)/t14?,16-/m0/s1. The molecule has 1 fully saturated rings. The van der Waals surface area contributed by atoms with Crippen molar-refractivity contribution in [3.05, 3.63) is 47.7 Å². The molecule has 7 nitrogen and oxygen atoms in total. The van der Waals surface area contributed by atoms with Crippen LogP contribution in [-0.4, -0.2) is 53.8 Å². The molecule has 0 aromatic heterocycles. The number of hydrogen-bond donors (Lipinski definition) is 1. The van der Waals surface area contributed by atoms with E-state index in [1.165, 1.54) is 23.8 Å². The number of esters is 1. The predicted octanol–water partition coefficient (Wildman–Crippen LogP) is 0.660. The molecule has 0 bridgehead atoms. The normalized spacial score (nSPS) is 21.7. The average Bonchev–Trinajstić information content (AvgIpc) is 2.64. The van der Waals surface area contributed by atoms with Gasteiger partial charge in [-0.25, -0.2) is 4.79 Å². The van der Waals surface area contributed by atoms with E-state index < -0.39 is 12.0 Å². The second-order valence-corrected chi connectivity index (χ2v) is 6.72. The monoisotopic (exact) mass is 362 g/mol. The van der Waals surface area contributed by atoms with Crippen molar-refractivity contribution in [1.29, 1.82) is 0 Å². The Kier molecular flexibility index (Phi) is 5.40. The molecule has 3 rings (SSSR count). The molecule has 2 amide bonds. The van der Waals surface area contributed by atoms with E-state index >= 15 is 0 Å². The number of carbonyl (C=O) groups is 3. The van der Waals surface area contributed by atoms with E-state index in [0.29, 0.717) is 5.75 Å². The minimum Gasteiger partial charge on any atom is -0.434 e. The van der Waals surface area contributed by atoms with Gasteiger partial charge in [0.05, 0.1) is 6.42 Å². The van der Waals surface area contributed by atoms with Crippen molar-refractivity contribution in [1.82, 2.24) is 10.2 Å². The van der Waals surface area contributed by atoms with Gasteiger partial charge in [0.2, 0.25) is 5.91 Å². The van der Waals surface area contributed by atoms with Gasteiger partial charge in [0.25, 0.3) is 5.91 Å². The molecule has 1 aromatic rings. The number of methoxy groups -OCH3 is 1. The lowest BCUT2D eigenvalue weighted by molar-refractivity contribution is -0.158. The van der Waals surface area contributed by atoms with E-state index in [0.717, 1.165) is 5.56 Å². The van der Waals surface area contributed by atoms with E-state index in [9.17, 15) is 14.4 Å². The lowest BCUT2D eigenvalue weighted by Crippen LogP contribution is -2.70. The second-order valence-electron chi connectivity index (χ2n) is 5.57. The maximum Gasteiger partial charge on any atom is 0.356 e. The number of amides is 2. The molecule has 0 aliphatic carbocycles. The summed E-state index contributed by atoms with van der Waals surface area (Å²) >= 11 is 1.49. The molecule has 1 saturated heterocycles. The molecule has 25 heavy (non-hydrogen) atoms. The molecular weight excluding hydrogens is 344 g/mol. The number of ether oxygens (including phenoxy) is 2. The molecule has 8 heteroatoms. The molecule has 0 radical (unpaired) electrons. The van der Waals surface area contributed by atoms with E-state index in [1.54, 1.807) is 6.08 Å². The summed E-state index contributed by atoms with van der Waals surface area (Å²) in [6.45, 7) is -0.173. The van der Waals surface area contributed by atoms with E-state index in [2.05, 4.69) is 5.32 Å². The van der Waals surface area contributed by atoms with Crippen molar-refractivity contribution < 1.29 is 23.9 Å². The molecule has 1 aromatic carbocycles. The van der Waals surface area contributed by atoms with E-state index in [4.69, 9.17) is 9.47 Å². The number of rotatable bonds is 6. The fourth-order valence-electron chi connectivity index (χ4n) is 2.72. The van der Waals surface area contributed by atoms with Gasteiger partial charge >= 0.3 is 5.97 Å². The number of fused-ring (bicyclic) bond motifs is 1. The quantitative estimate of drug-likeness (QED) is 0.455. The van der Waals surface area contributed by atoms with Gasteiger partial charge in [-0.15, -0.1) is 11.8 Å². The highest BCUT2D eigenvalue weighted by molar-refractivity contribution is 8.00. The average molecular weight is 362 g/mol. The van der Waals surface area contributed by atoms with Gasteiger partial charge in [-0.1, -0.05) is 30.3 Å². The summed E-state index contributed by atoms with van der Waals surface area (Å²) in [5.41, 5.74) is 1.09.